The Kier molecular flexibility index (Phi) is 10.0. The zero-order chi connectivity index (χ0) is 32.4. The van der Waals surface area contributed by atoms with Gasteiger partial charge in [-0.15, -0.1) is 13.2 Å². The van der Waals surface area contributed by atoms with Gasteiger partial charge >= 0.3 is 0 Å². The number of anilines is 1. The molecule has 4 rings (SSSR count). The van der Waals surface area contributed by atoms with E-state index in [-0.39, 0.29) is 42.8 Å². The molecule has 1 aromatic carbocycles. The first-order chi connectivity index (χ1) is 20.8. The minimum absolute atomic E-state index is 0.0542. The third-order valence-electron chi connectivity index (χ3n) is 9.18. The SMILES string of the molecule is C=CCN(C(=O)[C@@H]1[C@H]2C(=O)N(CCCO)C(C(=O)N(CC=C)C(C)(C)CC(C)(C)C)C23CC[C@H]1O3)c1ccc(OCC)cc1. The zero-order valence-electron chi connectivity index (χ0n) is 27.4. The molecule has 0 aliphatic carbocycles. The molecule has 1 N–H and O–H groups in total. The van der Waals surface area contributed by atoms with Gasteiger partial charge in [-0.3, -0.25) is 14.4 Å². The molecule has 3 amide bonds. The molecule has 0 radical (unpaired) electrons. The number of hydrogen-bond acceptors (Lipinski definition) is 6. The number of hydrogen-bond donors (Lipinski definition) is 1. The van der Waals surface area contributed by atoms with E-state index >= 15 is 0 Å². The Labute approximate surface area is 262 Å². The second kappa shape index (κ2) is 13.1. The number of aliphatic hydroxyl groups excluding tert-OH is 1. The Bertz CT molecular complexity index is 1240. The number of benzene rings is 1. The van der Waals surface area contributed by atoms with Gasteiger partial charge in [-0.05, 0) is 76.1 Å². The van der Waals surface area contributed by atoms with Gasteiger partial charge in [0.15, 0.2) is 0 Å². The largest absolute Gasteiger partial charge is 0.494 e. The molecule has 3 saturated heterocycles. The van der Waals surface area contributed by atoms with Crippen molar-refractivity contribution in [1.29, 1.82) is 0 Å². The number of amides is 3. The highest BCUT2D eigenvalue weighted by molar-refractivity contribution is 6.03. The van der Waals surface area contributed by atoms with Crippen LogP contribution in [0.4, 0.5) is 5.69 Å². The van der Waals surface area contributed by atoms with E-state index in [4.69, 9.17) is 9.47 Å². The summed E-state index contributed by atoms with van der Waals surface area (Å²) >= 11 is 0. The first-order valence-corrected chi connectivity index (χ1v) is 15.9. The highest BCUT2D eigenvalue weighted by Crippen LogP contribution is 2.59. The molecule has 0 saturated carbocycles. The summed E-state index contributed by atoms with van der Waals surface area (Å²) in [6.07, 6.45) is 5.05. The Balaban J connectivity index is 1.74. The highest BCUT2D eigenvalue weighted by atomic mass is 16.5. The predicted molar refractivity (Wildman–Crippen MR) is 171 cm³/mol. The first-order valence-electron chi connectivity index (χ1n) is 15.9. The molecule has 0 aromatic heterocycles. The van der Waals surface area contributed by atoms with Gasteiger partial charge in [-0.2, -0.15) is 0 Å². The fourth-order valence-corrected chi connectivity index (χ4v) is 8.02. The Morgan fingerprint density at radius 2 is 1.77 bits per heavy atom. The molecular weight excluding hydrogens is 558 g/mol. The summed E-state index contributed by atoms with van der Waals surface area (Å²) < 4.78 is 12.3. The van der Waals surface area contributed by atoms with Gasteiger partial charge in [0.2, 0.25) is 17.7 Å². The van der Waals surface area contributed by atoms with Crippen molar-refractivity contribution in [1.82, 2.24) is 9.80 Å². The lowest BCUT2D eigenvalue weighted by molar-refractivity contribution is -0.152. The second-order valence-corrected chi connectivity index (χ2v) is 14.1. The van der Waals surface area contributed by atoms with E-state index in [9.17, 15) is 19.5 Å². The molecule has 242 valence electrons. The smallest absolute Gasteiger partial charge is 0.249 e. The van der Waals surface area contributed by atoms with Crippen LogP contribution in [-0.4, -0.2) is 88.8 Å². The molecule has 9 heteroatoms. The fourth-order valence-electron chi connectivity index (χ4n) is 8.02. The lowest BCUT2D eigenvalue weighted by Crippen LogP contribution is -2.61. The van der Waals surface area contributed by atoms with Crippen LogP contribution in [0.15, 0.2) is 49.6 Å². The van der Waals surface area contributed by atoms with Crippen LogP contribution in [0, 0.1) is 17.3 Å². The van der Waals surface area contributed by atoms with Gasteiger partial charge in [0.05, 0.1) is 24.5 Å². The standard InChI is InChI=1S/C35H51N3O6/c1-9-19-36(24-13-15-25(16-14-24)43-11-3)30(40)27-26-17-18-35(44-26)28(27)31(41)37(21-12-22-39)29(35)32(42)38(20-10-2)34(7,8)23-33(4,5)6/h9-10,13-16,26-29,39H,1-2,11-12,17-23H2,3-8H3/t26-,27+,28+,29?,35?/m1/s1. The fraction of sp³-hybridized carbons (Fsp3) is 0.629. The average molecular weight is 610 g/mol. The van der Waals surface area contributed by atoms with Crippen molar-refractivity contribution in [3.63, 3.8) is 0 Å². The molecule has 2 bridgehead atoms. The van der Waals surface area contributed by atoms with Crippen LogP contribution in [0.3, 0.4) is 0 Å². The molecule has 1 spiro atoms. The number of carbonyl (C=O) groups excluding carboxylic acids is 3. The molecule has 2 unspecified atom stereocenters. The maximum atomic E-state index is 14.8. The molecule has 9 nitrogen and oxygen atoms in total. The summed E-state index contributed by atoms with van der Waals surface area (Å²) in [6.45, 7) is 21.4. The normalized spacial score (nSPS) is 26.0. The summed E-state index contributed by atoms with van der Waals surface area (Å²) in [6, 6.07) is 6.40. The van der Waals surface area contributed by atoms with Crippen LogP contribution in [0.25, 0.3) is 0 Å². The molecule has 3 fully saturated rings. The lowest BCUT2D eigenvalue weighted by Gasteiger charge is -2.45. The van der Waals surface area contributed by atoms with E-state index in [2.05, 4.69) is 33.9 Å². The third-order valence-corrected chi connectivity index (χ3v) is 9.18. The predicted octanol–water partition coefficient (Wildman–Crippen LogP) is 4.59. The van der Waals surface area contributed by atoms with E-state index in [1.807, 2.05) is 49.9 Å². The summed E-state index contributed by atoms with van der Waals surface area (Å²) in [5.41, 5.74) is -1.04. The van der Waals surface area contributed by atoms with Gasteiger partial charge < -0.3 is 29.3 Å². The van der Waals surface area contributed by atoms with Crippen molar-refractivity contribution in [3.05, 3.63) is 49.6 Å². The van der Waals surface area contributed by atoms with Crippen molar-refractivity contribution in [2.75, 3.05) is 37.7 Å². The van der Waals surface area contributed by atoms with Gasteiger partial charge in [0.25, 0.3) is 0 Å². The van der Waals surface area contributed by atoms with Crippen LogP contribution < -0.4 is 9.64 Å². The Hall–Kier alpha value is -3.17. The van der Waals surface area contributed by atoms with Crippen molar-refractivity contribution < 1.29 is 29.0 Å². The zero-order valence-corrected chi connectivity index (χ0v) is 27.4. The maximum absolute atomic E-state index is 14.8. The van der Waals surface area contributed by atoms with Crippen LogP contribution in [0.5, 0.6) is 5.75 Å². The van der Waals surface area contributed by atoms with Crippen molar-refractivity contribution >= 4 is 23.4 Å². The average Bonchev–Trinajstić information content (AvgIpc) is 3.59. The lowest BCUT2D eigenvalue weighted by atomic mass is 9.70. The second-order valence-electron chi connectivity index (χ2n) is 14.1. The quantitative estimate of drug-likeness (QED) is 0.310. The topological polar surface area (TPSA) is 99.6 Å². The van der Waals surface area contributed by atoms with Crippen LogP contribution >= 0.6 is 0 Å². The molecule has 3 heterocycles. The minimum atomic E-state index is -1.12. The highest BCUT2D eigenvalue weighted by Gasteiger charge is 2.75. The monoisotopic (exact) mass is 609 g/mol. The first kappa shape index (κ1) is 33.7. The van der Waals surface area contributed by atoms with Gasteiger partial charge in [-0.1, -0.05) is 32.9 Å². The van der Waals surface area contributed by atoms with Gasteiger partial charge in [0, 0.05) is 37.5 Å². The molecule has 3 aliphatic heterocycles. The minimum Gasteiger partial charge on any atom is -0.494 e. The molecule has 5 atom stereocenters. The van der Waals surface area contributed by atoms with Crippen molar-refractivity contribution in [3.8, 4) is 5.75 Å². The number of carbonyl (C=O) groups is 3. The van der Waals surface area contributed by atoms with E-state index in [0.29, 0.717) is 43.9 Å². The van der Waals surface area contributed by atoms with E-state index in [0.717, 1.165) is 6.42 Å². The van der Waals surface area contributed by atoms with Crippen LogP contribution in [0.1, 0.15) is 67.2 Å². The third kappa shape index (κ3) is 6.18. The number of fused-ring (bicyclic) bond motifs is 1. The summed E-state index contributed by atoms with van der Waals surface area (Å²) in [5, 5.41) is 9.71. The molecule has 44 heavy (non-hydrogen) atoms. The van der Waals surface area contributed by atoms with Gasteiger partial charge in [0.1, 0.15) is 17.4 Å². The number of likely N-dealkylation sites (tertiary alicyclic amines) is 1. The molecule has 3 aliphatic rings. The summed E-state index contributed by atoms with van der Waals surface area (Å²) in [5.74, 6) is -1.51. The Morgan fingerprint density at radius 1 is 1.11 bits per heavy atom. The summed E-state index contributed by atoms with van der Waals surface area (Å²) in [4.78, 5) is 48.6. The summed E-state index contributed by atoms with van der Waals surface area (Å²) in [7, 11) is 0. The molecular formula is C35H51N3O6. The van der Waals surface area contributed by atoms with Crippen molar-refractivity contribution in [2.45, 2.75) is 90.5 Å². The van der Waals surface area contributed by atoms with Crippen LogP contribution in [0.2, 0.25) is 0 Å². The van der Waals surface area contributed by atoms with E-state index in [1.54, 1.807) is 22.0 Å². The molecule has 1 aromatic rings. The number of ether oxygens (including phenoxy) is 2. The van der Waals surface area contributed by atoms with Crippen LogP contribution in [-0.2, 0) is 19.1 Å². The number of aliphatic hydroxyl groups is 1. The van der Waals surface area contributed by atoms with E-state index < -0.39 is 35.1 Å². The van der Waals surface area contributed by atoms with E-state index in [1.165, 1.54) is 0 Å². The number of nitrogens with zero attached hydrogens (tertiary/aromatic N) is 3. The van der Waals surface area contributed by atoms with Crippen molar-refractivity contribution in [2.24, 2.45) is 17.3 Å². The van der Waals surface area contributed by atoms with Gasteiger partial charge in [-0.25, -0.2) is 0 Å². The maximum Gasteiger partial charge on any atom is 0.249 e. The number of rotatable bonds is 14. The Morgan fingerprint density at radius 3 is 2.34 bits per heavy atom.